The van der Waals surface area contributed by atoms with E-state index < -0.39 is 47.2 Å². The van der Waals surface area contributed by atoms with Gasteiger partial charge >= 0.3 is 17.8 Å². The van der Waals surface area contributed by atoms with Gasteiger partial charge in [0.25, 0.3) is 5.91 Å². The molecule has 0 aromatic heterocycles. The third kappa shape index (κ3) is 10.3. The van der Waals surface area contributed by atoms with Crippen LogP contribution in [-0.4, -0.2) is 65.6 Å². The number of nitrogens with one attached hydrogen (secondary N) is 1. The molecule has 1 N–H and O–H groups in total. The van der Waals surface area contributed by atoms with Gasteiger partial charge in [0.1, 0.15) is 11.2 Å². The summed E-state index contributed by atoms with van der Waals surface area (Å²) in [5.74, 6) is -5.39. The molecule has 0 unspecified atom stereocenters. The Kier molecular flexibility index (Phi) is 11.0. The number of hydrogen-bond acceptors (Lipinski definition) is 8. The summed E-state index contributed by atoms with van der Waals surface area (Å²) in [5.41, 5.74) is -0.728. The normalized spacial score (nSPS) is 11.3. The molecule has 0 aliphatic carbocycles. The highest BCUT2D eigenvalue weighted by molar-refractivity contribution is 6.40. The van der Waals surface area contributed by atoms with Crippen LogP contribution in [0.1, 0.15) is 63.9 Å². The average molecular weight is 602 g/mol. The first-order chi connectivity index (χ1) is 19.3. The summed E-state index contributed by atoms with van der Waals surface area (Å²) >= 11 is 6.25. The van der Waals surface area contributed by atoms with E-state index in [1.807, 2.05) is 0 Å². The summed E-state index contributed by atoms with van der Waals surface area (Å²) < 4.78 is 10.2. The van der Waals surface area contributed by atoms with Gasteiger partial charge in [0.2, 0.25) is 11.7 Å². The molecule has 0 aliphatic heterocycles. The predicted molar refractivity (Wildman–Crippen MR) is 157 cm³/mol. The zero-order valence-corrected chi connectivity index (χ0v) is 25.7. The number of amides is 3. The fourth-order valence-corrected chi connectivity index (χ4v) is 3.64. The summed E-state index contributed by atoms with van der Waals surface area (Å²) in [6, 6.07) is 10.7. The van der Waals surface area contributed by atoms with Gasteiger partial charge in [-0.15, -0.1) is 0 Å². The van der Waals surface area contributed by atoms with Crippen molar-refractivity contribution in [2.24, 2.45) is 0 Å². The van der Waals surface area contributed by atoms with Gasteiger partial charge in [-0.1, -0.05) is 23.7 Å². The fourth-order valence-electron chi connectivity index (χ4n) is 3.48. The van der Waals surface area contributed by atoms with Gasteiger partial charge in [-0.05, 0) is 77.4 Å². The van der Waals surface area contributed by atoms with E-state index in [0.717, 1.165) is 0 Å². The minimum atomic E-state index is -1.15. The fraction of sp³-hybridized carbons (Fsp3) is 0.400. The lowest BCUT2D eigenvalue weighted by Crippen LogP contribution is -2.36. The second-order valence-electron chi connectivity index (χ2n) is 11.6. The Bertz CT molecular complexity index is 1390. The van der Waals surface area contributed by atoms with Gasteiger partial charge in [0.15, 0.2) is 0 Å². The number of halogens is 1. The Balaban J connectivity index is 2.43. The molecule has 2 aromatic rings. The van der Waals surface area contributed by atoms with E-state index in [-0.39, 0.29) is 34.4 Å². The van der Waals surface area contributed by atoms with Crippen LogP contribution in [-0.2, 0) is 40.0 Å². The molecule has 0 saturated heterocycles. The molecule has 0 saturated carbocycles. The summed E-state index contributed by atoms with van der Waals surface area (Å²) in [7, 11) is 3.16. The molecule has 0 fully saturated rings. The molecule has 0 aliphatic rings. The van der Waals surface area contributed by atoms with E-state index in [9.17, 15) is 28.8 Å². The molecule has 0 spiro atoms. The van der Waals surface area contributed by atoms with E-state index in [2.05, 4.69) is 5.32 Å². The number of carbonyl (C=O) groups is 6. The molecule has 0 heterocycles. The molecule has 0 bridgehead atoms. The SMILES string of the molecule is CN(C)C(=O)c1cccc(N(Cc2ccc(Cl)c(NC(=O)C(=O)OC(C)(C)C)c2)C(=O)CC(=O)C(=O)OC(C)(C)C)c1. The van der Waals surface area contributed by atoms with E-state index in [0.29, 0.717) is 5.56 Å². The number of ketones is 1. The Hall–Kier alpha value is -4.25. The molecule has 0 radical (unpaired) electrons. The largest absolute Gasteiger partial charge is 0.454 e. The number of Topliss-reactive ketones (excluding diaryl/α,β-unsaturated/α-hetero) is 1. The van der Waals surface area contributed by atoms with Crippen LogP contribution in [0.3, 0.4) is 0 Å². The molecule has 11 nitrogen and oxygen atoms in total. The van der Waals surface area contributed by atoms with Crippen LogP contribution in [0.25, 0.3) is 0 Å². The summed E-state index contributed by atoms with van der Waals surface area (Å²) in [6.07, 6.45) is -0.795. The van der Waals surface area contributed by atoms with Crippen molar-refractivity contribution in [2.45, 2.75) is 65.7 Å². The zero-order valence-electron chi connectivity index (χ0n) is 25.0. The van der Waals surface area contributed by atoms with Crippen molar-refractivity contribution in [2.75, 3.05) is 24.3 Å². The van der Waals surface area contributed by atoms with Crippen LogP contribution in [0.15, 0.2) is 42.5 Å². The molecular weight excluding hydrogens is 566 g/mol. The first-order valence-corrected chi connectivity index (χ1v) is 13.4. The van der Waals surface area contributed by atoms with Crippen LogP contribution < -0.4 is 10.2 Å². The highest BCUT2D eigenvalue weighted by Crippen LogP contribution is 2.27. The van der Waals surface area contributed by atoms with Crippen LogP contribution in [0.4, 0.5) is 11.4 Å². The maximum Gasteiger partial charge on any atom is 0.397 e. The molecule has 0 atom stereocenters. The van der Waals surface area contributed by atoms with Crippen molar-refractivity contribution >= 4 is 58.4 Å². The second kappa shape index (κ2) is 13.6. The van der Waals surface area contributed by atoms with E-state index in [1.165, 1.54) is 28.0 Å². The number of nitrogens with zero attached hydrogens (tertiary/aromatic N) is 2. The lowest BCUT2D eigenvalue weighted by Gasteiger charge is -2.25. The lowest BCUT2D eigenvalue weighted by atomic mass is 10.1. The number of esters is 2. The maximum absolute atomic E-state index is 13.4. The number of carbonyl (C=O) groups excluding carboxylic acids is 6. The quantitative estimate of drug-likeness (QED) is 0.270. The first kappa shape index (κ1) is 34.0. The number of rotatable bonds is 8. The summed E-state index contributed by atoms with van der Waals surface area (Å²) in [6.45, 7) is 9.49. The third-order valence-electron chi connectivity index (χ3n) is 5.25. The number of hydrogen-bond donors (Lipinski definition) is 1. The number of ether oxygens (including phenoxy) is 2. The third-order valence-corrected chi connectivity index (χ3v) is 5.58. The molecule has 3 amide bonds. The molecule has 2 rings (SSSR count). The van der Waals surface area contributed by atoms with Crippen LogP contribution >= 0.6 is 11.6 Å². The minimum absolute atomic E-state index is 0.0822. The highest BCUT2D eigenvalue weighted by Gasteiger charge is 2.28. The Morgan fingerprint density at radius 2 is 1.43 bits per heavy atom. The average Bonchev–Trinajstić information content (AvgIpc) is 2.86. The van der Waals surface area contributed by atoms with Gasteiger partial charge in [0, 0.05) is 25.3 Å². The van der Waals surface area contributed by atoms with Crippen molar-refractivity contribution in [3.05, 3.63) is 58.6 Å². The van der Waals surface area contributed by atoms with Crippen LogP contribution in [0, 0.1) is 0 Å². The number of anilines is 2. The molecule has 42 heavy (non-hydrogen) atoms. The molecule has 2 aromatic carbocycles. The maximum atomic E-state index is 13.4. The Labute approximate surface area is 250 Å². The highest BCUT2D eigenvalue weighted by atomic mass is 35.5. The molecule has 226 valence electrons. The van der Waals surface area contributed by atoms with Crippen molar-refractivity contribution in [1.82, 2.24) is 4.90 Å². The Morgan fingerprint density at radius 1 is 0.833 bits per heavy atom. The smallest absolute Gasteiger partial charge is 0.397 e. The van der Waals surface area contributed by atoms with Gasteiger partial charge < -0.3 is 24.6 Å². The summed E-state index contributed by atoms with van der Waals surface area (Å²) in [4.78, 5) is 78.0. The topological polar surface area (TPSA) is 139 Å². The van der Waals surface area contributed by atoms with Crippen molar-refractivity contribution in [3.63, 3.8) is 0 Å². The van der Waals surface area contributed by atoms with Gasteiger partial charge in [-0.3, -0.25) is 19.2 Å². The van der Waals surface area contributed by atoms with E-state index >= 15 is 0 Å². The van der Waals surface area contributed by atoms with Gasteiger partial charge in [0.05, 0.1) is 23.7 Å². The first-order valence-electron chi connectivity index (χ1n) is 13.0. The zero-order chi connectivity index (χ0) is 32.0. The number of benzene rings is 2. The van der Waals surface area contributed by atoms with E-state index in [1.54, 1.807) is 79.9 Å². The van der Waals surface area contributed by atoms with Crippen molar-refractivity contribution < 1.29 is 38.2 Å². The predicted octanol–water partition coefficient (Wildman–Crippen LogP) is 4.16. The Morgan fingerprint density at radius 3 is 2.00 bits per heavy atom. The monoisotopic (exact) mass is 601 g/mol. The van der Waals surface area contributed by atoms with Gasteiger partial charge in [-0.2, -0.15) is 0 Å². The summed E-state index contributed by atoms with van der Waals surface area (Å²) in [5, 5.41) is 2.52. The van der Waals surface area contributed by atoms with Crippen LogP contribution in [0.2, 0.25) is 5.02 Å². The lowest BCUT2D eigenvalue weighted by molar-refractivity contribution is -0.163. The standard InChI is InChI=1S/C30H36ClN3O8/c1-29(2,3)41-27(39)23(35)16-24(36)34(20-11-9-10-19(15-20)26(38)33(7)8)17-18-12-13-21(31)22(14-18)32-25(37)28(40)42-30(4,5)6/h9-15H,16-17H2,1-8H3,(H,32,37). The molecule has 12 heteroatoms. The minimum Gasteiger partial charge on any atom is -0.454 e. The molecular formula is C30H36ClN3O8. The van der Waals surface area contributed by atoms with Crippen LogP contribution in [0.5, 0.6) is 0 Å². The van der Waals surface area contributed by atoms with Crippen molar-refractivity contribution in [3.8, 4) is 0 Å². The van der Waals surface area contributed by atoms with Crippen molar-refractivity contribution in [1.29, 1.82) is 0 Å². The van der Waals surface area contributed by atoms with Gasteiger partial charge in [-0.25, -0.2) is 9.59 Å². The second-order valence-corrected chi connectivity index (χ2v) is 12.0. The van der Waals surface area contributed by atoms with E-state index in [4.69, 9.17) is 21.1 Å².